The highest BCUT2D eigenvalue weighted by Gasteiger charge is 2.16. The molecule has 1 heterocycles. The van der Waals surface area contributed by atoms with Crippen molar-refractivity contribution in [1.82, 2.24) is 10.2 Å². The number of piperazine rings is 1. The second-order valence-corrected chi connectivity index (χ2v) is 5.91. The van der Waals surface area contributed by atoms with Gasteiger partial charge in [0.15, 0.2) is 0 Å². The lowest BCUT2D eigenvalue weighted by Gasteiger charge is -2.36. The first-order valence-electron chi connectivity index (χ1n) is 8.11. The van der Waals surface area contributed by atoms with Crippen LogP contribution in [0.15, 0.2) is 24.3 Å². The van der Waals surface area contributed by atoms with Gasteiger partial charge in [0.1, 0.15) is 0 Å². The van der Waals surface area contributed by atoms with E-state index in [0.29, 0.717) is 6.54 Å². The topological polar surface area (TPSA) is 55.8 Å². The third-order valence-electron chi connectivity index (χ3n) is 4.08. The lowest BCUT2D eigenvalue weighted by atomic mass is 10.2. The zero-order chi connectivity index (χ0) is 15.8. The molecule has 0 spiro atoms. The Morgan fingerprint density at radius 2 is 2.00 bits per heavy atom. The largest absolute Gasteiger partial charge is 0.481 e. The van der Waals surface area contributed by atoms with Gasteiger partial charge < -0.3 is 15.3 Å². The predicted octanol–water partition coefficient (Wildman–Crippen LogP) is 1.57. The minimum Gasteiger partial charge on any atom is -0.481 e. The molecule has 0 bridgehead atoms. The number of nitrogens with zero attached hydrogens (tertiary/aromatic N) is 2. The summed E-state index contributed by atoms with van der Waals surface area (Å²) in [5, 5.41) is 11.7. The smallest absolute Gasteiger partial charge is 0.304 e. The van der Waals surface area contributed by atoms with Gasteiger partial charge in [-0.3, -0.25) is 9.69 Å². The van der Waals surface area contributed by atoms with E-state index in [-0.39, 0.29) is 6.42 Å². The Hall–Kier alpha value is -1.59. The molecular formula is C17H27N3O2. The van der Waals surface area contributed by atoms with Crippen molar-refractivity contribution in [2.24, 2.45) is 0 Å². The summed E-state index contributed by atoms with van der Waals surface area (Å²) in [5.41, 5.74) is 2.64. The van der Waals surface area contributed by atoms with Gasteiger partial charge in [-0.2, -0.15) is 0 Å². The van der Waals surface area contributed by atoms with Crippen LogP contribution in [0.3, 0.4) is 0 Å². The third-order valence-corrected chi connectivity index (χ3v) is 4.08. The second kappa shape index (κ2) is 8.76. The molecule has 0 radical (unpaired) electrons. The maximum absolute atomic E-state index is 10.4. The predicted molar refractivity (Wildman–Crippen MR) is 89.6 cm³/mol. The van der Waals surface area contributed by atoms with Gasteiger partial charge in [-0.1, -0.05) is 12.1 Å². The summed E-state index contributed by atoms with van der Waals surface area (Å²) >= 11 is 0. The minimum atomic E-state index is -0.736. The molecule has 0 saturated carbocycles. The van der Waals surface area contributed by atoms with E-state index in [0.717, 1.165) is 45.7 Å². The van der Waals surface area contributed by atoms with Gasteiger partial charge in [-0.05, 0) is 44.1 Å². The first kappa shape index (κ1) is 16.8. The van der Waals surface area contributed by atoms with E-state index in [4.69, 9.17) is 5.11 Å². The fourth-order valence-electron chi connectivity index (χ4n) is 2.80. The molecule has 0 amide bonds. The molecule has 0 aliphatic carbocycles. The Morgan fingerprint density at radius 3 is 2.68 bits per heavy atom. The van der Waals surface area contributed by atoms with E-state index in [1.165, 1.54) is 11.3 Å². The number of nitrogens with one attached hydrogen (secondary N) is 1. The van der Waals surface area contributed by atoms with Crippen LogP contribution in [0.2, 0.25) is 0 Å². The maximum Gasteiger partial charge on any atom is 0.304 e. The molecule has 22 heavy (non-hydrogen) atoms. The molecule has 122 valence electrons. The van der Waals surface area contributed by atoms with Crippen molar-refractivity contribution in [3.63, 3.8) is 0 Å². The quantitative estimate of drug-likeness (QED) is 0.714. The zero-order valence-corrected chi connectivity index (χ0v) is 13.4. The molecule has 2 N–H and O–H groups in total. The Balaban J connectivity index is 1.60. The molecule has 5 nitrogen and oxygen atoms in total. The fraction of sp³-hybridized carbons (Fsp3) is 0.588. The Morgan fingerprint density at radius 1 is 1.23 bits per heavy atom. The molecule has 1 aromatic rings. The maximum atomic E-state index is 10.4. The monoisotopic (exact) mass is 305 g/mol. The lowest BCUT2D eigenvalue weighted by molar-refractivity contribution is -0.136. The summed E-state index contributed by atoms with van der Waals surface area (Å²) < 4.78 is 0. The number of anilines is 1. The molecule has 0 unspecified atom stereocenters. The van der Waals surface area contributed by atoms with Crippen molar-refractivity contribution >= 4 is 11.7 Å². The van der Waals surface area contributed by atoms with Gasteiger partial charge in [-0.25, -0.2) is 0 Å². The van der Waals surface area contributed by atoms with Crippen molar-refractivity contribution in [3.05, 3.63) is 29.8 Å². The number of benzene rings is 1. The summed E-state index contributed by atoms with van der Waals surface area (Å²) in [4.78, 5) is 15.3. The van der Waals surface area contributed by atoms with Crippen molar-refractivity contribution in [3.8, 4) is 0 Å². The van der Waals surface area contributed by atoms with Crippen LogP contribution >= 0.6 is 0 Å². The second-order valence-electron chi connectivity index (χ2n) is 5.91. The number of rotatable bonds is 8. The molecular weight excluding hydrogens is 278 g/mol. The summed E-state index contributed by atoms with van der Waals surface area (Å²) in [6.45, 7) is 9.04. The molecule has 5 heteroatoms. The highest BCUT2D eigenvalue weighted by atomic mass is 16.4. The highest BCUT2D eigenvalue weighted by molar-refractivity contribution is 5.66. The Labute approximate surface area is 132 Å². The average molecular weight is 305 g/mol. The van der Waals surface area contributed by atoms with Gasteiger partial charge in [0.2, 0.25) is 0 Å². The van der Waals surface area contributed by atoms with Crippen molar-refractivity contribution in [2.75, 3.05) is 50.7 Å². The summed E-state index contributed by atoms with van der Waals surface area (Å²) in [6.07, 6.45) is 1.28. The van der Waals surface area contributed by atoms with Crippen molar-refractivity contribution in [2.45, 2.75) is 19.8 Å². The van der Waals surface area contributed by atoms with E-state index in [1.807, 2.05) is 0 Å². The van der Waals surface area contributed by atoms with E-state index in [9.17, 15) is 4.79 Å². The molecule has 2 rings (SSSR count). The fourth-order valence-corrected chi connectivity index (χ4v) is 2.80. The van der Waals surface area contributed by atoms with Crippen LogP contribution in [0.5, 0.6) is 0 Å². The lowest BCUT2D eigenvalue weighted by Crippen LogP contribution is -2.47. The summed E-state index contributed by atoms with van der Waals surface area (Å²) in [6, 6.07) is 8.70. The van der Waals surface area contributed by atoms with E-state index in [2.05, 4.69) is 46.3 Å². The van der Waals surface area contributed by atoms with E-state index < -0.39 is 5.97 Å². The number of hydrogen-bond acceptors (Lipinski definition) is 4. The molecule has 1 saturated heterocycles. The summed E-state index contributed by atoms with van der Waals surface area (Å²) in [5.74, 6) is -0.736. The van der Waals surface area contributed by atoms with E-state index in [1.54, 1.807) is 0 Å². The van der Waals surface area contributed by atoms with Gasteiger partial charge in [0, 0.05) is 38.4 Å². The van der Waals surface area contributed by atoms with Gasteiger partial charge in [0.05, 0.1) is 6.42 Å². The Bertz CT molecular complexity index is 471. The van der Waals surface area contributed by atoms with Crippen LogP contribution in [0.4, 0.5) is 5.69 Å². The molecule has 0 aromatic heterocycles. The molecule has 1 aliphatic rings. The van der Waals surface area contributed by atoms with Gasteiger partial charge in [-0.15, -0.1) is 0 Å². The number of carboxylic acid groups (broad SMARTS) is 1. The molecule has 1 aromatic carbocycles. The first-order chi connectivity index (χ1) is 10.6. The highest BCUT2D eigenvalue weighted by Crippen LogP contribution is 2.17. The van der Waals surface area contributed by atoms with Crippen LogP contribution in [-0.4, -0.2) is 61.8 Å². The normalized spacial score (nSPS) is 16.0. The van der Waals surface area contributed by atoms with Gasteiger partial charge in [0.25, 0.3) is 0 Å². The summed E-state index contributed by atoms with van der Waals surface area (Å²) in [7, 11) is 0. The van der Waals surface area contributed by atoms with Crippen molar-refractivity contribution in [1.29, 1.82) is 0 Å². The third kappa shape index (κ3) is 5.66. The Kier molecular flexibility index (Phi) is 6.68. The van der Waals surface area contributed by atoms with Crippen LogP contribution < -0.4 is 10.2 Å². The SMILES string of the molecule is Cc1cccc(N2CCN(CCCNCCC(=O)O)CC2)c1. The number of hydrogen-bond donors (Lipinski definition) is 2. The van der Waals surface area contributed by atoms with Crippen molar-refractivity contribution < 1.29 is 9.90 Å². The van der Waals surface area contributed by atoms with Crippen LogP contribution in [0.25, 0.3) is 0 Å². The standard InChI is InChI=1S/C17H27N3O2/c1-15-4-2-5-16(14-15)20-12-10-19(11-13-20)9-3-7-18-8-6-17(21)22/h2,4-5,14,18H,3,6-13H2,1H3,(H,21,22). The molecule has 0 atom stereocenters. The van der Waals surface area contributed by atoms with E-state index >= 15 is 0 Å². The minimum absolute atomic E-state index is 0.204. The average Bonchev–Trinajstić information content (AvgIpc) is 2.51. The van der Waals surface area contributed by atoms with Crippen LogP contribution in [-0.2, 0) is 4.79 Å². The number of carboxylic acids is 1. The molecule has 1 aliphatic heterocycles. The number of aliphatic carboxylic acids is 1. The van der Waals surface area contributed by atoms with Gasteiger partial charge >= 0.3 is 5.97 Å². The number of aryl methyl sites for hydroxylation is 1. The van der Waals surface area contributed by atoms with Crippen LogP contribution in [0, 0.1) is 6.92 Å². The number of carbonyl (C=O) groups is 1. The molecule has 1 fully saturated rings. The van der Waals surface area contributed by atoms with Crippen LogP contribution in [0.1, 0.15) is 18.4 Å². The zero-order valence-electron chi connectivity index (χ0n) is 13.4. The first-order valence-corrected chi connectivity index (χ1v) is 8.11.